The Morgan fingerprint density at radius 2 is 2.40 bits per heavy atom. The van der Waals surface area contributed by atoms with Crippen molar-refractivity contribution in [1.82, 2.24) is 14.6 Å². The molecule has 2 aromatic heterocycles. The maximum Gasteiger partial charge on any atom is 0.309 e. The zero-order valence-electron chi connectivity index (χ0n) is 7.80. The van der Waals surface area contributed by atoms with E-state index in [4.69, 9.17) is 5.11 Å². The van der Waals surface area contributed by atoms with Crippen molar-refractivity contribution in [2.45, 2.75) is 13.3 Å². The number of aryl methyl sites for hydroxylation is 1. The summed E-state index contributed by atoms with van der Waals surface area (Å²) in [6, 6.07) is 0. The quantitative estimate of drug-likeness (QED) is 0.883. The van der Waals surface area contributed by atoms with E-state index in [1.54, 1.807) is 5.38 Å². The lowest BCUT2D eigenvalue weighted by Crippen LogP contribution is -1.99. The third-order valence-corrected chi connectivity index (χ3v) is 3.60. The predicted molar refractivity (Wildman–Crippen MR) is 57.1 cm³/mol. The summed E-state index contributed by atoms with van der Waals surface area (Å²) in [4.78, 5) is 15.6. The molecule has 5 nitrogen and oxygen atoms in total. The van der Waals surface area contributed by atoms with Gasteiger partial charge in [-0.05, 0) is 18.5 Å². The second-order valence-electron chi connectivity index (χ2n) is 2.90. The third-order valence-electron chi connectivity index (χ3n) is 1.73. The molecule has 0 bridgehead atoms. The minimum atomic E-state index is -0.869. The maximum absolute atomic E-state index is 10.5. The lowest BCUT2D eigenvalue weighted by molar-refractivity contribution is -0.136. The Morgan fingerprint density at radius 3 is 3.00 bits per heavy atom. The first-order chi connectivity index (χ1) is 7.16. The van der Waals surface area contributed by atoms with Crippen LogP contribution >= 0.6 is 22.9 Å². The van der Waals surface area contributed by atoms with Gasteiger partial charge in [-0.15, -0.1) is 16.4 Å². The second kappa shape index (κ2) is 4.03. The van der Waals surface area contributed by atoms with E-state index >= 15 is 0 Å². The van der Waals surface area contributed by atoms with Crippen molar-refractivity contribution in [3.05, 3.63) is 16.8 Å². The molecule has 7 heteroatoms. The Balaban J connectivity index is 2.28. The molecule has 2 aromatic rings. The van der Waals surface area contributed by atoms with Crippen LogP contribution in [0.4, 0.5) is 0 Å². The number of carboxylic acid groups (broad SMARTS) is 1. The van der Waals surface area contributed by atoms with E-state index in [1.807, 2.05) is 6.92 Å². The number of aromatic nitrogens is 3. The third kappa shape index (κ3) is 2.18. The molecule has 0 saturated heterocycles. The summed E-state index contributed by atoms with van der Waals surface area (Å²) in [5.41, 5.74) is 1.41. The van der Waals surface area contributed by atoms with Crippen molar-refractivity contribution >= 4 is 28.8 Å². The van der Waals surface area contributed by atoms with Gasteiger partial charge < -0.3 is 5.11 Å². The first kappa shape index (κ1) is 10.2. The van der Waals surface area contributed by atoms with Gasteiger partial charge in [0.25, 0.3) is 0 Å². The molecule has 0 aliphatic heterocycles. The molecule has 2 heterocycles. The molecule has 78 valence electrons. The fourth-order valence-corrected chi connectivity index (χ4v) is 2.68. The predicted octanol–water partition coefficient (Wildman–Crippen LogP) is 1.60. The Labute approximate surface area is 93.6 Å². The summed E-state index contributed by atoms with van der Waals surface area (Å²) < 4.78 is 3.81. The lowest BCUT2D eigenvalue weighted by atomic mass is 10.3. The topological polar surface area (TPSA) is 76.0 Å². The number of carboxylic acids is 1. The van der Waals surface area contributed by atoms with Gasteiger partial charge in [-0.2, -0.15) is 0 Å². The molecule has 0 aliphatic carbocycles. The molecule has 0 saturated carbocycles. The molecule has 0 fully saturated rings. The highest BCUT2D eigenvalue weighted by Gasteiger charge is 2.12. The normalized spacial score (nSPS) is 10.5. The molecule has 0 radical (unpaired) electrons. The first-order valence-electron chi connectivity index (χ1n) is 4.12. The van der Waals surface area contributed by atoms with E-state index < -0.39 is 5.97 Å². The molecule has 0 aromatic carbocycles. The summed E-state index contributed by atoms with van der Waals surface area (Å²) in [7, 11) is 0. The Morgan fingerprint density at radius 1 is 1.60 bits per heavy atom. The van der Waals surface area contributed by atoms with Crippen LogP contribution in [0.25, 0.3) is 9.88 Å². The fourth-order valence-electron chi connectivity index (χ4n) is 1.08. The molecule has 1 N–H and O–H groups in total. The second-order valence-corrected chi connectivity index (χ2v) is 4.51. The van der Waals surface area contributed by atoms with Gasteiger partial charge in [0.15, 0.2) is 0 Å². The highest BCUT2D eigenvalue weighted by Crippen LogP contribution is 2.28. The van der Waals surface area contributed by atoms with E-state index in [0.717, 1.165) is 15.6 Å². The monoisotopic (exact) mass is 241 g/mol. The maximum atomic E-state index is 10.5. The number of hydrogen-bond acceptors (Lipinski definition) is 6. The van der Waals surface area contributed by atoms with Gasteiger partial charge >= 0.3 is 5.97 Å². The lowest BCUT2D eigenvalue weighted by Gasteiger charge is -1.89. The molecule has 2 rings (SSSR count). The molecule has 0 unspecified atom stereocenters. The van der Waals surface area contributed by atoms with Gasteiger partial charge in [0.05, 0.1) is 17.8 Å². The zero-order valence-corrected chi connectivity index (χ0v) is 9.43. The minimum absolute atomic E-state index is 0.0399. The van der Waals surface area contributed by atoms with Crippen LogP contribution in [0.5, 0.6) is 0 Å². The average molecular weight is 241 g/mol. The molecular formula is C8H7N3O2S2. The average Bonchev–Trinajstić information content (AvgIpc) is 2.72. The molecular weight excluding hydrogens is 234 g/mol. The Bertz CT molecular complexity index is 492. The molecule has 0 atom stereocenters. The zero-order chi connectivity index (χ0) is 10.8. The summed E-state index contributed by atoms with van der Waals surface area (Å²) in [5.74, 6) is -0.869. The van der Waals surface area contributed by atoms with Gasteiger partial charge in [0.1, 0.15) is 9.88 Å². The van der Waals surface area contributed by atoms with Gasteiger partial charge in [0, 0.05) is 5.38 Å². The highest BCUT2D eigenvalue weighted by molar-refractivity contribution is 7.18. The van der Waals surface area contributed by atoms with E-state index in [9.17, 15) is 4.79 Å². The van der Waals surface area contributed by atoms with Crippen molar-refractivity contribution < 1.29 is 9.90 Å². The van der Waals surface area contributed by atoms with E-state index in [0.29, 0.717) is 5.69 Å². The fraction of sp³-hybridized carbons (Fsp3) is 0.250. The van der Waals surface area contributed by atoms with Crippen LogP contribution in [0.15, 0.2) is 5.38 Å². The van der Waals surface area contributed by atoms with Crippen molar-refractivity contribution in [2.75, 3.05) is 0 Å². The number of rotatable bonds is 3. The van der Waals surface area contributed by atoms with E-state index in [2.05, 4.69) is 14.6 Å². The number of aliphatic carboxylic acids is 1. The van der Waals surface area contributed by atoms with Crippen LogP contribution in [0.3, 0.4) is 0 Å². The Kier molecular flexibility index (Phi) is 2.74. The van der Waals surface area contributed by atoms with Crippen molar-refractivity contribution in [2.24, 2.45) is 0 Å². The summed E-state index contributed by atoms with van der Waals surface area (Å²) in [6.45, 7) is 1.86. The standard InChI is InChI=1S/C8H7N3O2S2/c1-4-7(15-11-10-4)8-9-5(3-14-8)2-6(12)13/h3H,2H2,1H3,(H,12,13). The summed E-state index contributed by atoms with van der Waals surface area (Å²) in [6.07, 6.45) is -0.0399. The molecule has 15 heavy (non-hydrogen) atoms. The SMILES string of the molecule is Cc1nnsc1-c1nc(CC(=O)O)cs1. The minimum Gasteiger partial charge on any atom is -0.481 e. The van der Waals surface area contributed by atoms with Crippen LogP contribution in [0, 0.1) is 6.92 Å². The van der Waals surface area contributed by atoms with Crippen molar-refractivity contribution in [1.29, 1.82) is 0 Å². The number of hydrogen-bond donors (Lipinski definition) is 1. The van der Waals surface area contributed by atoms with Crippen LogP contribution < -0.4 is 0 Å². The van der Waals surface area contributed by atoms with Crippen molar-refractivity contribution in [3.63, 3.8) is 0 Å². The van der Waals surface area contributed by atoms with E-state index in [1.165, 1.54) is 22.9 Å². The van der Waals surface area contributed by atoms with E-state index in [-0.39, 0.29) is 6.42 Å². The van der Waals surface area contributed by atoms with Gasteiger partial charge in [-0.1, -0.05) is 4.49 Å². The number of thiazole rings is 1. The Hall–Kier alpha value is -1.34. The van der Waals surface area contributed by atoms with Gasteiger partial charge in [0.2, 0.25) is 0 Å². The van der Waals surface area contributed by atoms with Crippen LogP contribution in [-0.2, 0) is 11.2 Å². The largest absolute Gasteiger partial charge is 0.481 e. The van der Waals surface area contributed by atoms with Crippen LogP contribution in [0.2, 0.25) is 0 Å². The molecule has 0 aliphatic rings. The van der Waals surface area contributed by atoms with Crippen molar-refractivity contribution in [3.8, 4) is 9.88 Å². The first-order valence-corrected chi connectivity index (χ1v) is 5.77. The highest BCUT2D eigenvalue weighted by atomic mass is 32.1. The van der Waals surface area contributed by atoms with Crippen LogP contribution in [-0.4, -0.2) is 25.6 Å². The van der Waals surface area contributed by atoms with Crippen LogP contribution in [0.1, 0.15) is 11.4 Å². The smallest absolute Gasteiger partial charge is 0.309 e. The number of nitrogens with zero attached hydrogens (tertiary/aromatic N) is 3. The van der Waals surface area contributed by atoms with Gasteiger partial charge in [-0.25, -0.2) is 4.98 Å². The number of carbonyl (C=O) groups is 1. The summed E-state index contributed by atoms with van der Waals surface area (Å²) in [5, 5.41) is 15.0. The summed E-state index contributed by atoms with van der Waals surface area (Å²) >= 11 is 2.69. The molecule has 0 amide bonds. The van der Waals surface area contributed by atoms with Gasteiger partial charge in [-0.3, -0.25) is 4.79 Å². The molecule has 0 spiro atoms.